The Balaban J connectivity index is 2.08. The third kappa shape index (κ3) is 4.47. The maximum absolute atomic E-state index is 10.1. The van der Waals surface area contributed by atoms with E-state index < -0.39 is 6.09 Å². The van der Waals surface area contributed by atoms with E-state index in [1.807, 2.05) is 30.3 Å². The van der Waals surface area contributed by atoms with Gasteiger partial charge in [0.25, 0.3) is 0 Å². The largest absolute Gasteiger partial charge is 0.465 e. The molecule has 1 aromatic rings. The molecule has 76 valence electrons. The Morgan fingerprint density at radius 2 is 1.93 bits per heavy atom. The van der Waals surface area contributed by atoms with Crippen molar-refractivity contribution in [3.8, 4) is 0 Å². The third-order valence-electron chi connectivity index (χ3n) is 1.75. The predicted molar refractivity (Wildman–Crippen MR) is 54.2 cm³/mol. The summed E-state index contributed by atoms with van der Waals surface area (Å²) in [5, 5.41) is 13.7. The van der Waals surface area contributed by atoms with E-state index in [2.05, 4.69) is 10.6 Å². The maximum Gasteiger partial charge on any atom is 0.404 e. The van der Waals surface area contributed by atoms with Crippen LogP contribution in [-0.4, -0.2) is 24.3 Å². The topological polar surface area (TPSA) is 61.4 Å². The Hall–Kier alpha value is -1.55. The molecule has 0 aliphatic rings. The molecule has 0 saturated heterocycles. The average molecular weight is 194 g/mol. The number of rotatable bonds is 5. The Morgan fingerprint density at radius 3 is 2.57 bits per heavy atom. The molecule has 0 saturated carbocycles. The highest BCUT2D eigenvalue weighted by molar-refractivity contribution is 5.64. The Labute approximate surface area is 82.9 Å². The second-order valence-electron chi connectivity index (χ2n) is 2.89. The SMILES string of the molecule is O=C(O)NCCNCc1ccccc1. The lowest BCUT2D eigenvalue weighted by molar-refractivity contribution is 0.194. The second-order valence-corrected chi connectivity index (χ2v) is 2.89. The predicted octanol–water partition coefficient (Wildman–Crippen LogP) is 1.04. The van der Waals surface area contributed by atoms with Crippen molar-refractivity contribution in [1.29, 1.82) is 0 Å². The van der Waals surface area contributed by atoms with E-state index in [0.29, 0.717) is 13.1 Å². The fraction of sp³-hybridized carbons (Fsp3) is 0.300. The van der Waals surface area contributed by atoms with Gasteiger partial charge in [-0.15, -0.1) is 0 Å². The lowest BCUT2D eigenvalue weighted by Crippen LogP contribution is -2.30. The normalized spacial score (nSPS) is 9.71. The Kier molecular flexibility index (Phi) is 4.50. The lowest BCUT2D eigenvalue weighted by atomic mass is 10.2. The van der Waals surface area contributed by atoms with Crippen LogP contribution in [0.5, 0.6) is 0 Å². The maximum atomic E-state index is 10.1. The van der Waals surface area contributed by atoms with Crippen molar-refractivity contribution in [1.82, 2.24) is 10.6 Å². The second kappa shape index (κ2) is 5.99. The van der Waals surface area contributed by atoms with Crippen LogP contribution in [0, 0.1) is 0 Å². The number of hydrogen-bond acceptors (Lipinski definition) is 2. The van der Waals surface area contributed by atoms with Gasteiger partial charge in [0.2, 0.25) is 0 Å². The molecule has 1 amide bonds. The molecule has 0 unspecified atom stereocenters. The van der Waals surface area contributed by atoms with E-state index in [4.69, 9.17) is 5.11 Å². The molecule has 0 aliphatic carbocycles. The lowest BCUT2D eigenvalue weighted by Gasteiger charge is -2.04. The van der Waals surface area contributed by atoms with Crippen LogP contribution in [0.1, 0.15) is 5.56 Å². The summed E-state index contributed by atoms with van der Waals surface area (Å²) in [6.07, 6.45) is -0.980. The molecule has 0 aromatic heterocycles. The van der Waals surface area contributed by atoms with Crippen LogP contribution in [0.15, 0.2) is 30.3 Å². The van der Waals surface area contributed by atoms with Crippen molar-refractivity contribution in [2.24, 2.45) is 0 Å². The first-order valence-corrected chi connectivity index (χ1v) is 4.50. The highest BCUT2D eigenvalue weighted by atomic mass is 16.4. The summed E-state index contributed by atoms with van der Waals surface area (Å²) in [6.45, 7) is 1.84. The van der Waals surface area contributed by atoms with Gasteiger partial charge in [-0.05, 0) is 5.56 Å². The summed E-state index contributed by atoms with van der Waals surface area (Å²) in [6, 6.07) is 9.98. The minimum atomic E-state index is -0.980. The summed E-state index contributed by atoms with van der Waals surface area (Å²) < 4.78 is 0. The average Bonchev–Trinajstić information content (AvgIpc) is 2.18. The smallest absolute Gasteiger partial charge is 0.404 e. The first-order valence-electron chi connectivity index (χ1n) is 4.50. The number of amides is 1. The molecule has 4 nitrogen and oxygen atoms in total. The van der Waals surface area contributed by atoms with E-state index >= 15 is 0 Å². The zero-order valence-electron chi connectivity index (χ0n) is 7.86. The van der Waals surface area contributed by atoms with Gasteiger partial charge in [0, 0.05) is 19.6 Å². The third-order valence-corrected chi connectivity index (χ3v) is 1.75. The summed E-state index contributed by atoms with van der Waals surface area (Å²) in [5.41, 5.74) is 1.20. The Bertz CT molecular complexity index is 275. The number of nitrogens with one attached hydrogen (secondary N) is 2. The van der Waals surface area contributed by atoms with Gasteiger partial charge in [-0.25, -0.2) is 4.79 Å². The highest BCUT2D eigenvalue weighted by Crippen LogP contribution is 1.96. The minimum Gasteiger partial charge on any atom is -0.465 e. The molecular formula is C10H14N2O2. The zero-order valence-corrected chi connectivity index (χ0v) is 7.86. The number of carbonyl (C=O) groups is 1. The van der Waals surface area contributed by atoms with Crippen molar-refractivity contribution < 1.29 is 9.90 Å². The minimum absolute atomic E-state index is 0.433. The van der Waals surface area contributed by atoms with Gasteiger partial charge in [0.1, 0.15) is 0 Å². The van der Waals surface area contributed by atoms with Crippen LogP contribution in [0.2, 0.25) is 0 Å². The molecule has 0 fully saturated rings. The molecular weight excluding hydrogens is 180 g/mol. The molecule has 0 spiro atoms. The Morgan fingerprint density at radius 1 is 1.21 bits per heavy atom. The monoisotopic (exact) mass is 194 g/mol. The molecule has 0 bridgehead atoms. The first kappa shape index (κ1) is 10.5. The van der Waals surface area contributed by atoms with Crippen LogP contribution in [0.3, 0.4) is 0 Å². The number of carboxylic acid groups (broad SMARTS) is 1. The van der Waals surface area contributed by atoms with E-state index in [-0.39, 0.29) is 0 Å². The van der Waals surface area contributed by atoms with E-state index in [1.165, 1.54) is 5.56 Å². The van der Waals surface area contributed by atoms with Gasteiger partial charge in [0.15, 0.2) is 0 Å². The summed E-state index contributed by atoms with van der Waals surface area (Å²) in [5.74, 6) is 0. The van der Waals surface area contributed by atoms with E-state index in [9.17, 15) is 4.79 Å². The van der Waals surface area contributed by atoms with Crippen molar-refractivity contribution in [2.45, 2.75) is 6.54 Å². The summed E-state index contributed by atoms with van der Waals surface area (Å²) in [4.78, 5) is 10.1. The van der Waals surface area contributed by atoms with E-state index in [0.717, 1.165) is 6.54 Å². The van der Waals surface area contributed by atoms with Crippen molar-refractivity contribution in [2.75, 3.05) is 13.1 Å². The molecule has 1 aromatic carbocycles. The molecule has 0 heterocycles. The summed E-state index contributed by atoms with van der Waals surface area (Å²) in [7, 11) is 0. The molecule has 4 heteroatoms. The van der Waals surface area contributed by atoms with Crippen molar-refractivity contribution in [3.63, 3.8) is 0 Å². The fourth-order valence-corrected chi connectivity index (χ4v) is 1.09. The highest BCUT2D eigenvalue weighted by Gasteiger charge is 1.93. The van der Waals surface area contributed by atoms with Crippen LogP contribution in [0.4, 0.5) is 4.79 Å². The van der Waals surface area contributed by atoms with Crippen LogP contribution < -0.4 is 10.6 Å². The van der Waals surface area contributed by atoms with Crippen molar-refractivity contribution >= 4 is 6.09 Å². The van der Waals surface area contributed by atoms with Gasteiger partial charge in [-0.1, -0.05) is 30.3 Å². The molecule has 3 N–H and O–H groups in total. The van der Waals surface area contributed by atoms with Gasteiger partial charge in [0.05, 0.1) is 0 Å². The molecule has 0 atom stereocenters. The number of benzene rings is 1. The molecule has 0 aliphatic heterocycles. The summed E-state index contributed by atoms with van der Waals surface area (Å²) >= 11 is 0. The molecule has 0 radical (unpaired) electrons. The van der Waals surface area contributed by atoms with Gasteiger partial charge < -0.3 is 15.7 Å². The number of hydrogen-bond donors (Lipinski definition) is 3. The van der Waals surface area contributed by atoms with Gasteiger partial charge in [-0.2, -0.15) is 0 Å². The standard InChI is InChI=1S/C10H14N2O2/c13-10(14)12-7-6-11-8-9-4-2-1-3-5-9/h1-5,11-12H,6-8H2,(H,13,14). The quantitative estimate of drug-likeness (QED) is 0.614. The van der Waals surface area contributed by atoms with Gasteiger partial charge >= 0.3 is 6.09 Å². The molecule has 14 heavy (non-hydrogen) atoms. The van der Waals surface area contributed by atoms with Crippen LogP contribution in [-0.2, 0) is 6.54 Å². The molecule has 1 rings (SSSR count). The van der Waals surface area contributed by atoms with Crippen LogP contribution >= 0.6 is 0 Å². The van der Waals surface area contributed by atoms with Crippen LogP contribution in [0.25, 0.3) is 0 Å². The first-order chi connectivity index (χ1) is 6.79. The zero-order chi connectivity index (χ0) is 10.2. The van der Waals surface area contributed by atoms with Gasteiger partial charge in [-0.3, -0.25) is 0 Å². The van der Waals surface area contributed by atoms with Crippen molar-refractivity contribution in [3.05, 3.63) is 35.9 Å². The van der Waals surface area contributed by atoms with E-state index in [1.54, 1.807) is 0 Å². The fourth-order valence-electron chi connectivity index (χ4n) is 1.09.